The molecule has 0 radical (unpaired) electrons. The van der Waals surface area contributed by atoms with Crippen LogP contribution in [0.15, 0.2) is 12.2 Å². The largest absolute Gasteiger partial charge is 0.390 e. The van der Waals surface area contributed by atoms with Gasteiger partial charge >= 0.3 is 0 Å². The molecule has 0 spiro atoms. The molecule has 2 heteroatoms. The number of hydrogen-bond acceptors (Lipinski definition) is 2. The first-order valence-corrected chi connectivity index (χ1v) is 4.46. The van der Waals surface area contributed by atoms with Gasteiger partial charge in [-0.25, -0.2) is 0 Å². The molecule has 12 heavy (non-hydrogen) atoms. The lowest BCUT2D eigenvalue weighted by Gasteiger charge is -2.39. The first-order valence-electron chi connectivity index (χ1n) is 4.46. The van der Waals surface area contributed by atoms with E-state index in [9.17, 15) is 10.2 Å². The maximum Gasteiger partial charge on any atom is 0.0853 e. The molecule has 0 aromatic heterocycles. The lowest BCUT2D eigenvalue weighted by Crippen LogP contribution is -2.41. The van der Waals surface area contributed by atoms with Crippen LogP contribution < -0.4 is 0 Å². The summed E-state index contributed by atoms with van der Waals surface area (Å²) in [5.41, 5.74) is -0.484. The summed E-state index contributed by atoms with van der Waals surface area (Å²) in [7, 11) is 0. The van der Waals surface area contributed by atoms with E-state index in [4.69, 9.17) is 0 Å². The van der Waals surface area contributed by atoms with Crippen molar-refractivity contribution >= 4 is 0 Å². The van der Waals surface area contributed by atoms with Crippen LogP contribution in [0, 0.1) is 0 Å². The van der Waals surface area contributed by atoms with E-state index in [-0.39, 0.29) is 0 Å². The zero-order valence-electron chi connectivity index (χ0n) is 7.93. The average molecular weight is 170 g/mol. The summed E-state index contributed by atoms with van der Waals surface area (Å²) < 4.78 is 0. The van der Waals surface area contributed by atoms with Gasteiger partial charge in [0, 0.05) is 0 Å². The van der Waals surface area contributed by atoms with E-state index in [1.807, 2.05) is 13.8 Å². The van der Waals surface area contributed by atoms with E-state index in [2.05, 4.69) is 6.58 Å². The molecule has 0 aromatic carbocycles. The third-order valence-electron chi connectivity index (χ3n) is 2.95. The van der Waals surface area contributed by atoms with Gasteiger partial charge in [0.05, 0.1) is 11.2 Å². The maximum atomic E-state index is 9.97. The zero-order chi connectivity index (χ0) is 9.41. The van der Waals surface area contributed by atoms with Crippen LogP contribution in [-0.2, 0) is 0 Å². The highest BCUT2D eigenvalue weighted by molar-refractivity contribution is 5.12. The second-order valence-corrected chi connectivity index (χ2v) is 4.31. The summed E-state index contributed by atoms with van der Waals surface area (Å²) >= 11 is 0. The molecule has 70 valence electrons. The van der Waals surface area contributed by atoms with Crippen LogP contribution >= 0.6 is 0 Å². The molecule has 0 atom stereocenters. The van der Waals surface area contributed by atoms with Gasteiger partial charge in [0.25, 0.3) is 0 Å². The molecule has 0 bridgehead atoms. The summed E-state index contributed by atoms with van der Waals surface area (Å²) in [6.45, 7) is 7.44. The Hall–Kier alpha value is -0.340. The Morgan fingerprint density at radius 2 is 1.58 bits per heavy atom. The maximum absolute atomic E-state index is 9.97. The molecule has 0 amide bonds. The predicted octanol–water partition coefficient (Wildman–Crippen LogP) is 1.62. The predicted molar refractivity (Wildman–Crippen MR) is 48.9 cm³/mol. The van der Waals surface area contributed by atoms with Crippen molar-refractivity contribution in [1.29, 1.82) is 0 Å². The number of aliphatic hydroxyl groups is 2. The fourth-order valence-corrected chi connectivity index (χ4v) is 1.63. The molecule has 0 aromatic rings. The molecule has 1 fully saturated rings. The second kappa shape index (κ2) is 2.86. The Morgan fingerprint density at radius 1 is 1.17 bits per heavy atom. The lowest BCUT2D eigenvalue weighted by atomic mass is 9.74. The summed E-state index contributed by atoms with van der Waals surface area (Å²) in [6.07, 6.45) is 2.59. The number of rotatable bonds is 1. The third kappa shape index (κ3) is 1.87. The molecule has 2 N–H and O–H groups in total. The Morgan fingerprint density at radius 3 is 1.92 bits per heavy atom. The van der Waals surface area contributed by atoms with Crippen molar-refractivity contribution in [2.45, 2.75) is 50.7 Å². The molecule has 0 unspecified atom stereocenters. The first kappa shape index (κ1) is 9.75. The van der Waals surface area contributed by atoms with Crippen LogP contribution in [0.1, 0.15) is 39.5 Å². The lowest BCUT2D eigenvalue weighted by molar-refractivity contribution is -0.0531. The summed E-state index contributed by atoms with van der Waals surface area (Å²) in [4.78, 5) is 0. The van der Waals surface area contributed by atoms with Crippen LogP contribution in [0.4, 0.5) is 0 Å². The highest BCUT2D eigenvalue weighted by Gasteiger charge is 2.38. The van der Waals surface area contributed by atoms with E-state index < -0.39 is 11.2 Å². The highest BCUT2D eigenvalue weighted by Crippen LogP contribution is 2.37. The van der Waals surface area contributed by atoms with Crippen molar-refractivity contribution in [3.8, 4) is 0 Å². The van der Waals surface area contributed by atoms with E-state index >= 15 is 0 Å². The third-order valence-corrected chi connectivity index (χ3v) is 2.95. The van der Waals surface area contributed by atoms with Gasteiger partial charge < -0.3 is 10.2 Å². The van der Waals surface area contributed by atoms with Crippen molar-refractivity contribution < 1.29 is 10.2 Å². The van der Waals surface area contributed by atoms with Crippen LogP contribution in [-0.4, -0.2) is 21.4 Å². The molecular weight excluding hydrogens is 152 g/mol. The van der Waals surface area contributed by atoms with E-state index in [1.54, 1.807) is 0 Å². The van der Waals surface area contributed by atoms with Gasteiger partial charge in [0.15, 0.2) is 0 Å². The van der Waals surface area contributed by atoms with Crippen molar-refractivity contribution in [1.82, 2.24) is 0 Å². The zero-order valence-corrected chi connectivity index (χ0v) is 7.93. The fraction of sp³-hybridized carbons (Fsp3) is 0.800. The Bertz CT molecular complexity index is 184. The molecule has 2 nitrogen and oxygen atoms in total. The summed E-state index contributed by atoms with van der Waals surface area (Å²) in [5.74, 6) is 0. The molecule has 0 heterocycles. The van der Waals surface area contributed by atoms with Gasteiger partial charge in [-0.05, 0) is 45.1 Å². The SMILES string of the molecule is C=C(C)C1(O)CCC(C)(O)CC1. The van der Waals surface area contributed by atoms with Crippen molar-refractivity contribution in [3.63, 3.8) is 0 Å². The van der Waals surface area contributed by atoms with Gasteiger partial charge in [-0.1, -0.05) is 6.58 Å². The van der Waals surface area contributed by atoms with E-state index in [1.165, 1.54) is 0 Å². The van der Waals surface area contributed by atoms with Gasteiger partial charge in [0.1, 0.15) is 0 Å². The van der Waals surface area contributed by atoms with Crippen molar-refractivity contribution in [2.75, 3.05) is 0 Å². The number of hydrogen-bond donors (Lipinski definition) is 2. The Kier molecular flexibility index (Phi) is 2.32. The normalized spacial score (nSPS) is 42.7. The quantitative estimate of drug-likeness (QED) is 0.587. The van der Waals surface area contributed by atoms with Crippen LogP contribution in [0.2, 0.25) is 0 Å². The molecule has 0 aliphatic heterocycles. The molecular formula is C10H18O2. The minimum Gasteiger partial charge on any atom is -0.390 e. The van der Waals surface area contributed by atoms with Gasteiger partial charge in [-0.3, -0.25) is 0 Å². The standard InChI is InChI=1S/C10H18O2/c1-8(2)10(12)6-4-9(3,11)5-7-10/h11-12H,1,4-7H2,2-3H3. The molecule has 0 saturated heterocycles. The Balaban J connectivity index is 2.62. The molecule has 1 aliphatic carbocycles. The van der Waals surface area contributed by atoms with Crippen LogP contribution in [0.3, 0.4) is 0 Å². The minimum atomic E-state index is -0.720. The van der Waals surface area contributed by atoms with E-state index in [0.29, 0.717) is 25.7 Å². The average Bonchev–Trinajstić information content (AvgIpc) is 1.96. The molecule has 1 aliphatic rings. The molecule has 1 saturated carbocycles. The second-order valence-electron chi connectivity index (χ2n) is 4.31. The van der Waals surface area contributed by atoms with Gasteiger partial charge in [-0.2, -0.15) is 0 Å². The Labute approximate surface area is 73.9 Å². The van der Waals surface area contributed by atoms with Gasteiger partial charge in [0.2, 0.25) is 0 Å². The smallest absolute Gasteiger partial charge is 0.0853 e. The minimum absolute atomic E-state index is 0.582. The topological polar surface area (TPSA) is 40.5 Å². The van der Waals surface area contributed by atoms with Gasteiger partial charge in [-0.15, -0.1) is 0 Å². The van der Waals surface area contributed by atoms with Crippen molar-refractivity contribution in [3.05, 3.63) is 12.2 Å². The van der Waals surface area contributed by atoms with Crippen molar-refractivity contribution in [2.24, 2.45) is 0 Å². The van der Waals surface area contributed by atoms with E-state index in [0.717, 1.165) is 5.57 Å². The molecule has 1 rings (SSSR count). The summed E-state index contributed by atoms with van der Waals surface area (Å²) in [6, 6.07) is 0. The monoisotopic (exact) mass is 170 g/mol. The van der Waals surface area contributed by atoms with Crippen LogP contribution in [0.25, 0.3) is 0 Å². The first-order chi connectivity index (χ1) is 5.36. The van der Waals surface area contributed by atoms with Crippen LogP contribution in [0.5, 0.6) is 0 Å². The fourth-order valence-electron chi connectivity index (χ4n) is 1.63. The highest BCUT2D eigenvalue weighted by atomic mass is 16.3. The summed E-state index contributed by atoms with van der Waals surface area (Å²) in [5, 5.41) is 19.6.